The number of hydrogen-bond acceptors (Lipinski definition) is 2. The summed E-state index contributed by atoms with van der Waals surface area (Å²) in [6.45, 7) is 3.45. The molecule has 0 aliphatic rings. The SMILES string of the molecule is Cc1c(N)cc(C(=O)NC(C)c2cccc(Br)c2)cc1F. The molecule has 3 nitrogen and oxygen atoms in total. The Kier molecular flexibility index (Phi) is 4.63. The molecule has 0 saturated heterocycles. The van der Waals surface area contributed by atoms with Gasteiger partial charge in [0, 0.05) is 21.3 Å². The average molecular weight is 351 g/mol. The molecule has 1 atom stereocenters. The third-order valence-electron chi connectivity index (χ3n) is 3.34. The zero-order chi connectivity index (χ0) is 15.6. The smallest absolute Gasteiger partial charge is 0.251 e. The van der Waals surface area contributed by atoms with Crippen LogP contribution in [-0.2, 0) is 0 Å². The number of halogens is 2. The molecule has 0 heterocycles. The van der Waals surface area contributed by atoms with E-state index in [-0.39, 0.29) is 23.2 Å². The molecule has 2 aromatic rings. The molecule has 1 unspecified atom stereocenters. The van der Waals surface area contributed by atoms with Gasteiger partial charge in [0.1, 0.15) is 5.82 Å². The number of benzene rings is 2. The van der Waals surface area contributed by atoms with Crippen molar-refractivity contribution in [3.63, 3.8) is 0 Å². The maximum Gasteiger partial charge on any atom is 0.251 e. The molecule has 0 radical (unpaired) electrons. The summed E-state index contributed by atoms with van der Waals surface area (Å²) >= 11 is 3.39. The van der Waals surface area contributed by atoms with Gasteiger partial charge < -0.3 is 11.1 Å². The van der Waals surface area contributed by atoms with E-state index in [0.717, 1.165) is 10.0 Å². The van der Waals surface area contributed by atoms with E-state index in [1.54, 1.807) is 6.92 Å². The highest BCUT2D eigenvalue weighted by Crippen LogP contribution is 2.20. The highest BCUT2D eigenvalue weighted by molar-refractivity contribution is 9.10. The van der Waals surface area contributed by atoms with Gasteiger partial charge >= 0.3 is 0 Å². The molecule has 0 aliphatic heterocycles. The first-order valence-electron chi connectivity index (χ1n) is 6.50. The van der Waals surface area contributed by atoms with Crippen LogP contribution in [0.2, 0.25) is 0 Å². The summed E-state index contributed by atoms with van der Waals surface area (Å²) in [5.41, 5.74) is 7.50. The summed E-state index contributed by atoms with van der Waals surface area (Å²) in [5, 5.41) is 2.83. The zero-order valence-electron chi connectivity index (χ0n) is 11.8. The van der Waals surface area contributed by atoms with Gasteiger partial charge in [-0.2, -0.15) is 0 Å². The summed E-state index contributed by atoms with van der Waals surface area (Å²) in [4.78, 5) is 12.2. The van der Waals surface area contributed by atoms with E-state index in [1.165, 1.54) is 12.1 Å². The Balaban J connectivity index is 2.18. The molecular formula is C16H16BrFN2O. The first kappa shape index (κ1) is 15.5. The Bertz CT molecular complexity index is 665. The second-order valence-electron chi connectivity index (χ2n) is 4.92. The predicted octanol–water partition coefficient (Wildman–Crippen LogP) is 3.97. The minimum Gasteiger partial charge on any atom is -0.398 e. The van der Waals surface area contributed by atoms with Gasteiger partial charge in [-0.15, -0.1) is 0 Å². The van der Waals surface area contributed by atoms with Crippen LogP contribution in [0.25, 0.3) is 0 Å². The quantitative estimate of drug-likeness (QED) is 0.823. The summed E-state index contributed by atoms with van der Waals surface area (Å²) in [5.74, 6) is -0.830. The summed E-state index contributed by atoms with van der Waals surface area (Å²) in [6, 6.07) is 10.1. The van der Waals surface area contributed by atoms with Crippen molar-refractivity contribution in [1.82, 2.24) is 5.32 Å². The third kappa shape index (κ3) is 3.61. The number of nitrogens with one attached hydrogen (secondary N) is 1. The molecule has 21 heavy (non-hydrogen) atoms. The van der Waals surface area contributed by atoms with Gasteiger partial charge in [0.2, 0.25) is 0 Å². The minimum absolute atomic E-state index is 0.194. The normalized spacial score (nSPS) is 12.0. The molecule has 0 aromatic heterocycles. The van der Waals surface area contributed by atoms with E-state index in [1.807, 2.05) is 31.2 Å². The average Bonchev–Trinajstić information content (AvgIpc) is 2.44. The van der Waals surface area contributed by atoms with Gasteiger partial charge in [-0.05, 0) is 43.7 Å². The molecule has 0 aliphatic carbocycles. The Morgan fingerprint density at radius 3 is 2.67 bits per heavy atom. The van der Waals surface area contributed by atoms with Crippen LogP contribution in [0.5, 0.6) is 0 Å². The van der Waals surface area contributed by atoms with Crippen molar-refractivity contribution in [2.24, 2.45) is 0 Å². The fourth-order valence-electron chi connectivity index (χ4n) is 1.97. The minimum atomic E-state index is -0.477. The van der Waals surface area contributed by atoms with E-state index in [4.69, 9.17) is 5.73 Å². The van der Waals surface area contributed by atoms with E-state index in [9.17, 15) is 9.18 Å². The topological polar surface area (TPSA) is 55.1 Å². The first-order chi connectivity index (χ1) is 9.88. The lowest BCUT2D eigenvalue weighted by atomic mass is 10.1. The number of rotatable bonds is 3. The standard InChI is InChI=1S/C16H16BrFN2O/c1-9-14(18)7-12(8-15(9)19)16(21)20-10(2)11-4-3-5-13(17)6-11/h3-8,10H,19H2,1-2H3,(H,20,21). The van der Waals surface area contributed by atoms with Gasteiger partial charge in [0.05, 0.1) is 6.04 Å². The fraction of sp³-hybridized carbons (Fsp3) is 0.188. The molecule has 2 rings (SSSR count). The molecule has 0 bridgehead atoms. The van der Waals surface area contributed by atoms with Crippen LogP contribution in [0.15, 0.2) is 40.9 Å². The van der Waals surface area contributed by atoms with Crippen molar-refractivity contribution < 1.29 is 9.18 Å². The van der Waals surface area contributed by atoms with E-state index in [2.05, 4.69) is 21.2 Å². The molecule has 0 saturated carbocycles. The van der Waals surface area contributed by atoms with Gasteiger partial charge in [0.25, 0.3) is 5.91 Å². The number of amides is 1. The van der Waals surface area contributed by atoms with Crippen molar-refractivity contribution >= 4 is 27.5 Å². The highest BCUT2D eigenvalue weighted by atomic mass is 79.9. The Morgan fingerprint density at radius 1 is 1.33 bits per heavy atom. The highest BCUT2D eigenvalue weighted by Gasteiger charge is 2.14. The van der Waals surface area contributed by atoms with Crippen molar-refractivity contribution in [3.05, 3.63) is 63.4 Å². The molecule has 2 aromatic carbocycles. The molecule has 5 heteroatoms. The van der Waals surface area contributed by atoms with Crippen LogP contribution in [-0.4, -0.2) is 5.91 Å². The Hall–Kier alpha value is -1.88. The monoisotopic (exact) mass is 350 g/mol. The summed E-state index contributed by atoms with van der Waals surface area (Å²) < 4.78 is 14.6. The number of nitrogen functional groups attached to an aromatic ring is 1. The number of hydrogen-bond donors (Lipinski definition) is 2. The molecular weight excluding hydrogens is 335 g/mol. The van der Waals surface area contributed by atoms with Crippen molar-refractivity contribution in [3.8, 4) is 0 Å². The van der Waals surface area contributed by atoms with Gasteiger partial charge in [-0.1, -0.05) is 28.1 Å². The van der Waals surface area contributed by atoms with Crippen molar-refractivity contribution in [2.75, 3.05) is 5.73 Å². The van der Waals surface area contributed by atoms with Crippen LogP contribution < -0.4 is 11.1 Å². The number of nitrogens with two attached hydrogens (primary N) is 1. The van der Waals surface area contributed by atoms with Gasteiger partial charge in [0.15, 0.2) is 0 Å². The van der Waals surface area contributed by atoms with Gasteiger partial charge in [-0.25, -0.2) is 4.39 Å². The van der Waals surface area contributed by atoms with Crippen molar-refractivity contribution in [1.29, 1.82) is 0 Å². The molecule has 1 amide bonds. The number of carbonyl (C=O) groups excluding carboxylic acids is 1. The van der Waals surface area contributed by atoms with Crippen LogP contribution in [0.1, 0.15) is 34.5 Å². The van der Waals surface area contributed by atoms with E-state index < -0.39 is 5.82 Å². The molecule has 0 spiro atoms. The lowest BCUT2D eigenvalue weighted by Crippen LogP contribution is -2.27. The lowest BCUT2D eigenvalue weighted by Gasteiger charge is -2.15. The maximum absolute atomic E-state index is 13.6. The first-order valence-corrected chi connectivity index (χ1v) is 7.29. The Morgan fingerprint density at radius 2 is 2.05 bits per heavy atom. The van der Waals surface area contributed by atoms with Crippen LogP contribution in [0.4, 0.5) is 10.1 Å². The van der Waals surface area contributed by atoms with Gasteiger partial charge in [-0.3, -0.25) is 4.79 Å². The largest absolute Gasteiger partial charge is 0.398 e. The fourth-order valence-corrected chi connectivity index (χ4v) is 2.39. The summed E-state index contributed by atoms with van der Waals surface area (Å²) in [7, 11) is 0. The second kappa shape index (κ2) is 6.26. The number of carbonyl (C=O) groups is 1. The Labute approximate surface area is 131 Å². The number of anilines is 1. The third-order valence-corrected chi connectivity index (χ3v) is 3.84. The second-order valence-corrected chi connectivity index (χ2v) is 5.84. The van der Waals surface area contributed by atoms with E-state index in [0.29, 0.717) is 5.56 Å². The van der Waals surface area contributed by atoms with E-state index >= 15 is 0 Å². The van der Waals surface area contributed by atoms with Crippen LogP contribution >= 0.6 is 15.9 Å². The molecule has 110 valence electrons. The molecule has 3 N–H and O–H groups in total. The predicted molar refractivity (Wildman–Crippen MR) is 85.6 cm³/mol. The molecule has 0 fully saturated rings. The van der Waals surface area contributed by atoms with Crippen LogP contribution in [0.3, 0.4) is 0 Å². The summed E-state index contributed by atoms with van der Waals surface area (Å²) in [6.07, 6.45) is 0. The maximum atomic E-state index is 13.6. The zero-order valence-corrected chi connectivity index (χ0v) is 13.4. The lowest BCUT2D eigenvalue weighted by molar-refractivity contribution is 0.0939. The van der Waals surface area contributed by atoms with Crippen LogP contribution in [0, 0.1) is 12.7 Å². The van der Waals surface area contributed by atoms with Crippen molar-refractivity contribution in [2.45, 2.75) is 19.9 Å².